The van der Waals surface area contributed by atoms with Crippen molar-refractivity contribution in [1.82, 2.24) is 9.78 Å². The minimum absolute atomic E-state index is 0.211. The standard InChI is InChI=1S/C10H7F3N2O4/c1-17-8-14-15(9(16)18-8)6-4-2-3-5-7(6)19-10(11,12)13/h2-5H,1H3. The summed E-state index contributed by atoms with van der Waals surface area (Å²) in [4.78, 5) is 11.4. The fraction of sp³-hybridized carbons (Fsp3) is 0.200. The third kappa shape index (κ3) is 2.87. The van der Waals surface area contributed by atoms with Crippen LogP contribution in [0.5, 0.6) is 11.8 Å². The molecule has 0 unspecified atom stereocenters. The van der Waals surface area contributed by atoms with Crippen LogP contribution in [0, 0.1) is 0 Å². The van der Waals surface area contributed by atoms with Gasteiger partial charge in [0.15, 0.2) is 5.75 Å². The Labute approximate surface area is 104 Å². The number of methoxy groups -OCH3 is 1. The molecule has 19 heavy (non-hydrogen) atoms. The van der Waals surface area contributed by atoms with E-state index in [4.69, 9.17) is 0 Å². The highest BCUT2D eigenvalue weighted by atomic mass is 19.4. The van der Waals surface area contributed by atoms with Crippen LogP contribution < -0.4 is 15.2 Å². The zero-order valence-corrected chi connectivity index (χ0v) is 9.47. The molecular weight excluding hydrogens is 269 g/mol. The molecule has 102 valence electrons. The van der Waals surface area contributed by atoms with Gasteiger partial charge in [-0.2, -0.15) is 4.68 Å². The predicted octanol–water partition coefficient (Wildman–Crippen LogP) is 1.73. The number of rotatable bonds is 3. The number of hydrogen-bond donors (Lipinski definition) is 0. The van der Waals surface area contributed by atoms with Crippen LogP contribution in [0.2, 0.25) is 0 Å². The maximum atomic E-state index is 12.2. The summed E-state index contributed by atoms with van der Waals surface area (Å²) in [6.07, 6.45) is -5.25. The third-order valence-corrected chi connectivity index (χ3v) is 2.02. The predicted molar refractivity (Wildman–Crippen MR) is 55.3 cm³/mol. The van der Waals surface area contributed by atoms with Crippen LogP contribution in [0.3, 0.4) is 0 Å². The number of benzene rings is 1. The molecule has 0 aliphatic heterocycles. The van der Waals surface area contributed by atoms with E-state index in [2.05, 4.69) is 19.0 Å². The molecule has 0 bridgehead atoms. The Morgan fingerprint density at radius 2 is 2.00 bits per heavy atom. The SMILES string of the molecule is COc1nn(-c2ccccc2OC(F)(F)F)c(=O)o1. The lowest BCUT2D eigenvalue weighted by Gasteiger charge is -2.11. The Balaban J connectivity index is 2.50. The van der Waals surface area contributed by atoms with Gasteiger partial charge in [-0.1, -0.05) is 17.2 Å². The summed E-state index contributed by atoms with van der Waals surface area (Å²) in [6.45, 7) is 0. The van der Waals surface area contributed by atoms with Gasteiger partial charge in [0, 0.05) is 0 Å². The van der Waals surface area contributed by atoms with Crippen molar-refractivity contribution in [3.05, 3.63) is 34.8 Å². The second kappa shape index (κ2) is 4.67. The molecule has 0 saturated carbocycles. The zero-order valence-electron chi connectivity index (χ0n) is 9.47. The van der Waals surface area contributed by atoms with Gasteiger partial charge in [-0.15, -0.1) is 13.2 Å². The van der Waals surface area contributed by atoms with Crippen LogP contribution in [-0.2, 0) is 0 Å². The molecule has 6 nitrogen and oxygen atoms in total. The van der Waals surface area contributed by atoms with E-state index in [-0.39, 0.29) is 11.8 Å². The molecule has 0 radical (unpaired) electrons. The number of nitrogens with zero attached hydrogens (tertiary/aromatic N) is 2. The fourth-order valence-corrected chi connectivity index (χ4v) is 1.34. The molecule has 0 atom stereocenters. The molecule has 0 aliphatic carbocycles. The average molecular weight is 276 g/mol. The molecule has 2 rings (SSSR count). The third-order valence-electron chi connectivity index (χ3n) is 2.02. The molecule has 1 heterocycles. The molecule has 0 amide bonds. The minimum Gasteiger partial charge on any atom is -0.452 e. The number of para-hydroxylation sites is 2. The lowest BCUT2D eigenvalue weighted by Crippen LogP contribution is -2.20. The lowest BCUT2D eigenvalue weighted by atomic mass is 10.3. The topological polar surface area (TPSA) is 66.5 Å². The average Bonchev–Trinajstić information content (AvgIpc) is 2.69. The second-order valence-electron chi connectivity index (χ2n) is 3.27. The Morgan fingerprint density at radius 1 is 1.32 bits per heavy atom. The van der Waals surface area contributed by atoms with E-state index in [1.807, 2.05) is 0 Å². The van der Waals surface area contributed by atoms with Crippen LogP contribution in [0.4, 0.5) is 13.2 Å². The van der Waals surface area contributed by atoms with Crippen LogP contribution >= 0.6 is 0 Å². The maximum absolute atomic E-state index is 12.2. The van der Waals surface area contributed by atoms with E-state index in [1.54, 1.807) is 0 Å². The summed E-state index contributed by atoms with van der Waals surface area (Å²) in [7, 11) is 1.20. The van der Waals surface area contributed by atoms with Gasteiger partial charge >= 0.3 is 18.2 Å². The number of alkyl halides is 3. The van der Waals surface area contributed by atoms with E-state index in [0.29, 0.717) is 4.68 Å². The number of aromatic nitrogens is 2. The molecule has 1 aromatic carbocycles. The minimum atomic E-state index is -4.88. The van der Waals surface area contributed by atoms with Gasteiger partial charge < -0.3 is 13.9 Å². The van der Waals surface area contributed by atoms with Crippen molar-refractivity contribution in [2.75, 3.05) is 7.11 Å². The first kappa shape index (κ1) is 13.0. The van der Waals surface area contributed by atoms with Gasteiger partial charge in [0.2, 0.25) is 0 Å². The van der Waals surface area contributed by atoms with Crippen LogP contribution in [0.1, 0.15) is 0 Å². The van der Waals surface area contributed by atoms with E-state index in [1.165, 1.54) is 25.3 Å². The number of halogens is 3. The summed E-state index contributed by atoms with van der Waals surface area (Å²) in [5.74, 6) is -1.57. The van der Waals surface area contributed by atoms with Gasteiger partial charge in [0.05, 0.1) is 7.11 Å². The summed E-state index contributed by atoms with van der Waals surface area (Å²) in [5, 5.41) is 3.56. The van der Waals surface area contributed by atoms with Crippen molar-refractivity contribution in [2.24, 2.45) is 0 Å². The highest BCUT2D eigenvalue weighted by molar-refractivity contribution is 5.45. The van der Waals surface area contributed by atoms with Crippen molar-refractivity contribution in [3.8, 4) is 17.5 Å². The van der Waals surface area contributed by atoms with Crippen LogP contribution in [-0.4, -0.2) is 23.3 Å². The summed E-state index contributed by atoms with van der Waals surface area (Å²) < 4.78 is 50.2. The van der Waals surface area contributed by atoms with Crippen LogP contribution in [0.15, 0.2) is 33.5 Å². The van der Waals surface area contributed by atoms with Crippen molar-refractivity contribution in [1.29, 1.82) is 0 Å². The van der Waals surface area contributed by atoms with Crippen molar-refractivity contribution < 1.29 is 27.1 Å². The Kier molecular flexibility index (Phi) is 3.19. The smallest absolute Gasteiger partial charge is 0.452 e. The summed E-state index contributed by atoms with van der Waals surface area (Å²) >= 11 is 0. The first-order valence-corrected chi connectivity index (χ1v) is 4.90. The Bertz CT molecular complexity index is 632. The molecule has 1 aromatic heterocycles. The summed E-state index contributed by atoms with van der Waals surface area (Å²) in [5.41, 5.74) is -0.211. The van der Waals surface area contributed by atoms with Crippen molar-refractivity contribution in [2.45, 2.75) is 6.36 Å². The largest absolute Gasteiger partial charge is 0.573 e. The molecular formula is C10H7F3N2O4. The lowest BCUT2D eigenvalue weighted by molar-refractivity contribution is -0.274. The highest BCUT2D eigenvalue weighted by Gasteiger charge is 2.32. The maximum Gasteiger partial charge on any atom is 0.573 e. The van der Waals surface area contributed by atoms with Gasteiger partial charge in [0.25, 0.3) is 0 Å². The van der Waals surface area contributed by atoms with Crippen molar-refractivity contribution >= 4 is 0 Å². The summed E-state index contributed by atoms with van der Waals surface area (Å²) in [6, 6.07) is 5.03. The number of hydrogen-bond acceptors (Lipinski definition) is 5. The van der Waals surface area contributed by atoms with E-state index in [9.17, 15) is 18.0 Å². The molecule has 0 fully saturated rings. The first-order chi connectivity index (χ1) is 8.90. The Morgan fingerprint density at radius 3 is 2.58 bits per heavy atom. The quantitative estimate of drug-likeness (QED) is 0.854. The molecule has 0 saturated heterocycles. The second-order valence-corrected chi connectivity index (χ2v) is 3.27. The first-order valence-electron chi connectivity index (χ1n) is 4.90. The van der Waals surface area contributed by atoms with Gasteiger partial charge in [0.1, 0.15) is 5.69 Å². The van der Waals surface area contributed by atoms with E-state index < -0.39 is 17.9 Å². The molecule has 0 spiro atoms. The van der Waals surface area contributed by atoms with E-state index >= 15 is 0 Å². The highest BCUT2D eigenvalue weighted by Crippen LogP contribution is 2.28. The van der Waals surface area contributed by atoms with Gasteiger partial charge in [-0.25, -0.2) is 4.79 Å². The number of ether oxygens (including phenoxy) is 2. The van der Waals surface area contributed by atoms with Gasteiger partial charge in [-0.3, -0.25) is 0 Å². The normalized spacial score (nSPS) is 11.4. The molecule has 9 heteroatoms. The molecule has 0 aliphatic rings. The molecule has 0 N–H and O–H groups in total. The van der Waals surface area contributed by atoms with Gasteiger partial charge in [-0.05, 0) is 12.1 Å². The molecule has 2 aromatic rings. The van der Waals surface area contributed by atoms with Crippen LogP contribution in [0.25, 0.3) is 5.69 Å². The Hall–Kier alpha value is -2.45. The fourth-order valence-electron chi connectivity index (χ4n) is 1.34. The zero-order chi connectivity index (χ0) is 14.0. The monoisotopic (exact) mass is 276 g/mol. The van der Waals surface area contributed by atoms with E-state index in [0.717, 1.165) is 6.07 Å². The van der Waals surface area contributed by atoms with Crippen molar-refractivity contribution in [3.63, 3.8) is 0 Å².